The average molecular weight is 354 g/mol. The van der Waals surface area contributed by atoms with Crippen LogP contribution in [0.4, 0.5) is 5.82 Å². The van der Waals surface area contributed by atoms with E-state index in [0.717, 1.165) is 18.9 Å². The summed E-state index contributed by atoms with van der Waals surface area (Å²) in [4.78, 5) is 33.3. The van der Waals surface area contributed by atoms with Crippen molar-refractivity contribution >= 4 is 17.6 Å². The van der Waals surface area contributed by atoms with E-state index in [1.807, 2.05) is 29.2 Å². The molecule has 3 heterocycles. The number of nitrogens with one attached hydrogen (secondary N) is 1. The number of carbonyl (C=O) groups excluding carboxylic acids is 2. The first kappa shape index (κ1) is 16.6. The number of amides is 2. The summed E-state index contributed by atoms with van der Waals surface area (Å²) < 4.78 is 5.20. The van der Waals surface area contributed by atoms with Crippen LogP contribution >= 0.6 is 0 Å². The molecule has 2 amide bonds. The van der Waals surface area contributed by atoms with Crippen LogP contribution in [-0.2, 0) is 16.1 Å². The van der Waals surface area contributed by atoms with Gasteiger partial charge in [0.05, 0.1) is 24.6 Å². The zero-order chi connectivity index (χ0) is 17.9. The lowest BCUT2D eigenvalue weighted by Gasteiger charge is -2.35. The summed E-state index contributed by atoms with van der Waals surface area (Å²) in [5.74, 6) is 1.32. The second-order valence-corrected chi connectivity index (χ2v) is 6.75. The molecule has 2 aromatic rings. The first-order chi connectivity index (χ1) is 12.7. The summed E-state index contributed by atoms with van der Waals surface area (Å²) in [6, 6.07) is 9.45. The van der Waals surface area contributed by atoms with E-state index in [2.05, 4.69) is 15.2 Å². The monoisotopic (exact) mass is 354 g/mol. The van der Waals surface area contributed by atoms with E-state index in [4.69, 9.17) is 4.42 Å². The van der Waals surface area contributed by atoms with Crippen LogP contribution in [0.5, 0.6) is 0 Å². The lowest BCUT2D eigenvalue weighted by Crippen LogP contribution is -2.49. The fraction of sp³-hybridized carbons (Fsp3) is 0.421. The number of hydrogen-bond acceptors (Lipinski definition) is 5. The molecular weight excluding hydrogens is 332 g/mol. The van der Waals surface area contributed by atoms with Crippen LogP contribution in [0.25, 0.3) is 0 Å². The van der Waals surface area contributed by atoms with Crippen molar-refractivity contribution < 1.29 is 14.0 Å². The average Bonchev–Trinajstić information content (AvgIpc) is 3.33. The van der Waals surface area contributed by atoms with E-state index < -0.39 is 0 Å². The van der Waals surface area contributed by atoms with Gasteiger partial charge in [-0.3, -0.25) is 9.59 Å². The van der Waals surface area contributed by atoms with Crippen LogP contribution in [0.1, 0.15) is 12.2 Å². The highest BCUT2D eigenvalue weighted by molar-refractivity contribution is 5.92. The molecule has 7 nitrogen and oxygen atoms in total. The molecule has 0 radical (unpaired) electrons. The number of nitrogens with zero attached hydrogens (tertiary/aromatic N) is 3. The summed E-state index contributed by atoms with van der Waals surface area (Å²) in [7, 11) is 0. The first-order valence-corrected chi connectivity index (χ1v) is 8.97. The van der Waals surface area contributed by atoms with Crippen LogP contribution in [0.15, 0.2) is 47.2 Å². The molecule has 1 saturated heterocycles. The number of rotatable bonds is 5. The fourth-order valence-corrected chi connectivity index (χ4v) is 3.41. The molecule has 2 fully saturated rings. The van der Waals surface area contributed by atoms with Gasteiger partial charge >= 0.3 is 0 Å². The standard InChI is InChI=1S/C19H22N4O3/c24-18(21-13-14-4-3-11-26-14)15-12-16(15)19(25)23-9-7-22(8-10-23)17-5-1-2-6-20-17/h1-6,11,15-16H,7-10,12-13H2,(H,21,24). The molecule has 1 saturated carbocycles. The van der Waals surface area contributed by atoms with E-state index in [-0.39, 0.29) is 23.7 Å². The molecule has 1 aliphatic carbocycles. The molecule has 1 aliphatic heterocycles. The Morgan fingerprint density at radius 2 is 1.96 bits per heavy atom. The molecule has 0 bridgehead atoms. The zero-order valence-electron chi connectivity index (χ0n) is 14.5. The van der Waals surface area contributed by atoms with Crippen molar-refractivity contribution in [1.29, 1.82) is 0 Å². The van der Waals surface area contributed by atoms with Crippen molar-refractivity contribution in [2.75, 3.05) is 31.1 Å². The smallest absolute Gasteiger partial charge is 0.226 e. The predicted octanol–water partition coefficient (Wildman–Crippen LogP) is 1.28. The number of carbonyl (C=O) groups is 2. The number of furan rings is 1. The Morgan fingerprint density at radius 3 is 2.65 bits per heavy atom. The largest absolute Gasteiger partial charge is 0.467 e. The molecule has 26 heavy (non-hydrogen) atoms. The molecule has 0 aromatic carbocycles. The normalized spacial score (nSPS) is 22.2. The van der Waals surface area contributed by atoms with Crippen molar-refractivity contribution in [2.24, 2.45) is 11.8 Å². The molecule has 2 aromatic heterocycles. The van der Waals surface area contributed by atoms with E-state index in [9.17, 15) is 9.59 Å². The summed E-state index contributed by atoms with van der Waals surface area (Å²) in [5.41, 5.74) is 0. The summed E-state index contributed by atoms with van der Waals surface area (Å²) in [6.45, 7) is 3.25. The third kappa shape index (κ3) is 3.56. The van der Waals surface area contributed by atoms with E-state index in [1.54, 1.807) is 18.5 Å². The molecule has 2 aliphatic rings. The minimum Gasteiger partial charge on any atom is -0.467 e. The topological polar surface area (TPSA) is 78.7 Å². The van der Waals surface area contributed by atoms with Crippen molar-refractivity contribution in [1.82, 2.24) is 15.2 Å². The number of pyridine rings is 1. The van der Waals surface area contributed by atoms with Crippen molar-refractivity contribution in [3.05, 3.63) is 48.6 Å². The van der Waals surface area contributed by atoms with Gasteiger partial charge in [-0.05, 0) is 30.7 Å². The van der Waals surface area contributed by atoms with Gasteiger partial charge in [0.15, 0.2) is 0 Å². The Kier molecular flexibility index (Phi) is 4.60. The van der Waals surface area contributed by atoms with Gasteiger partial charge in [-0.1, -0.05) is 6.07 Å². The number of hydrogen-bond donors (Lipinski definition) is 1. The maximum absolute atomic E-state index is 12.6. The zero-order valence-corrected chi connectivity index (χ0v) is 14.5. The van der Waals surface area contributed by atoms with Gasteiger partial charge in [0.2, 0.25) is 11.8 Å². The van der Waals surface area contributed by atoms with Gasteiger partial charge in [0, 0.05) is 32.4 Å². The molecule has 136 valence electrons. The SMILES string of the molecule is O=C(NCc1ccco1)C1CC1C(=O)N1CCN(c2ccccn2)CC1. The van der Waals surface area contributed by atoms with Gasteiger partial charge in [0.1, 0.15) is 11.6 Å². The van der Waals surface area contributed by atoms with Gasteiger partial charge in [-0.2, -0.15) is 0 Å². The molecule has 7 heteroatoms. The third-order valence-corrected chi connectivity index (χ3v) is 5.03. The van der Waals surface area contributed by atoms with Crippen LogP contribution in [0.3, 0.4) is 0 Å². The Morgan fingerprint density at radius 1 is 1.12 bits per heavy atom. The van der Waals surface area contributed by atoms with Crippen LogP contribution < -0.4 is 10.2 Å². The molecule has 1 N–H and O–H groups in total. The Bertz CT molecular complexity index is 754. The highest BCUT2D eigenvalue weighted by Crippen LogP contribution is 2.40. The summed E-state index contributed by atoms with van der Waals surface area (Å²) >= 11 is 0. The Hall–Kier alpha value is -2.83. The van der Waals surface area contributed by atoms with Crippen LogP contribution in [-0.4, -0.2) is 47.9 Å². The molecular formula is C19H22N4O3. The predicted molar refractivity (Wildman–Crippen MR) is 95.2 cm³/mol. The van der Waals surface area contributed by atoms with E-state index >= 15 is 0 Å². The maximum Gasteiger partial charge on any atom is 0.226 e. The minimum atomic E-state index is -0.203. The Balaban J connectivity index is 1.24. The van der Waals surface area contributed by atoms with Gasteiger partial charge < -0.3 is 19.5 Å². The van der Waals surface area contributed by atoms with Crippen molar-refractivity contribution in [3.63, 3.8) is 0 Å². The molecule has 2 unspecified atom stereocenters. The third-order valence-electron chi connectivity index (χ3n) is 5.03. The van der Waals surface area contributed by atoms with E-state index in [1.165, 1.54) is 0 Å². The minimum absolute atomic E-state index is 0.0631. The highest BCUT2D eigenvalue weighted by atomic mass is 16.3. The second-order valence-electron chi connectivity index (χ2n) is 6.75. The maximum atomic E-state index is 12.6. The second kappa shape index (κ2) is 7.19. The quantitative estimate of drug-likeness (QED) is 0.875. The summed E-state index contributed by atoms with van der Waals surface area (Å²) in [5, 5.41) is 2.84. The lowest BCUT2D eigenvalue weighted by atomic mass is 10.2. The molecule has 0 spiro atoms. The number of piperazine rings is 1. The number of anilines is 1. The van der Waals surface area contributed by atoms with Crippen LogP contribution in [0, 0.1) is 11.8 Å². The fourth-order valence-electron chi connectivity index (χ4n) is 3.41. The Labute approximate surface area is 152 Å². The lowest BCUT2D eigenvalue weighted by molar-refractivity contribution is -0.135. The number of aromatic nitrogens is 1. The first-order valence-electron chi connectivity index (χ1n) is 8.97. The van der Waals surface area contributed by atoms with Crippen molar-refractivity contribution in [3.8, 4) is 0 Å². The van der Waals surface area contributed by atoms with Crippen LogP contribution in [0.2, 0.25) is 0 Å². The molecule has 4 rings (SSSR count). The summed E-state index contributed by atoms with van der Waals surface area (Å²) in [6.07, 6.45) is 4.00. The van der Waals surface area contributed by atoms with Gasteiger partial charge in [-0.15, -0.1) is 0 Å². The van der Waals surface area contributed by atoms with Gasteiger partial charge in [-0.25, -0.2) is 4.98 Å². The van der Waals surface area contributed by atoms with Crippen molar-refractivity contribution in [2.45, 2.75) is 13.0 Å². The highest BCUT2D eigenvalue weighted by Gasteiger charge is 2.49. The van der Waals surface area contributed by atoms with Gasteiger partial charge in [0.25, 0.3) is 0 Å². The molecule has 2 atom stereocenters. The van der Waals surface area contributed by atoms with E-state index in [0.29, 0.717) is 31.8 Å².